The van der Waals surface area contributed by atoms with Crippen LogP contribution in [0.2, 0.25) is 0 Å². The van der Waals surface area contributed by atoms with Crippen molar-refractivity contribution in [1.82, 2.24) is 4.90 Å². The molecule has 2 aliphatic rings. The Labute approximate surface area is 118 Å². The molecule has 0 aromatic rings. The molecule has 4 nitrogen and oxygen atoms in total. The lowest BCUT2D eigenvalue weighted by Crippen LogP contribution is -2.44. The van der Waals surface area contributed by atoms with E-state index in [1.54, 1.807) is 0 Å². The minimum Gasteiger partial charge on any atom is -0.456 e. The van der Waals surface area contributed by atoms with Gasteiger partial charge in [0.2, 0.25) is 0 Å². The molecule has 6 heteroatoms. The molecular formula is C14H24F2N2O2. The van der Waals surface area contributed by atoms with Crippen LogP contribution in [0.1, 0.15) is 45.4 Å². The van der Waals surface area contributed by atoms with E-state index in [9.17, 15) is 13.6 Å². The van der Waals surface area contributed by atoms with E-state index in [0.29, 0.717) is 12.6 Å². The summed E-state index contributed by atoms with van der Waals surface area (Å²) in [5.74, 6) is -4.68. The van der Waals surface area contributed by atoms with Gasteiger partial charge in [-0.2, -0.15) is 8.78 Å². The van der Waals surface area contributed by atoms with Crippen LogP contribution in [0.5, 0.6) is 0 Å². The predicted molar refractivity (Wildman–Crippen MR) is 71.5 cm³/mol. The second-order valence-electron chi connectivity index (χ2n) is 6.00. The summed E-state index contributed by atoms with van der Waals surface area (Å²) in [5.41, 5.74) is 5.90. The van der Waals surface area contributed by atoms with Crippen molar-refractivity contribution in [3.8, 4) is 0 Å². The molecule has 1 saturated carbocycles. The average molecular weight is 290 g/mol. The van der Waals surface area contributed by atoms with Crippen LogP contribution in [0, 0.1) is 0 Å². The molecule has 0 aromatic heterocycles. The van der Waals surface area contributed by atoms with Crippen molar-refractivity contribution < 1.29 is 18.3 Å². The van der Waals surface area contributed by atoms with Gasteiger partial charge < -0.3 is 10.5 Å². The lowest BCUT2D eigenvalue weighted by atomic mass is 9.90. The van der Waals surface area contributed by atoms with Crippen molar-refractivity contribution in [3.63, 3.8) is 0 Å². The van der Waals surface area contributed by atoms with Crippen LogP contribution in [0.3, 0.4) is 0 Å². The minimum absolute atomic E-state index is 0.267. The van der Waals surface area contributed by atoms with Gasteiger partial charge >= 0.3 is 11.9 Å². The van der Waals surface area contributed by atoms with E-state index >= 15 is 0 Å². The normalized spacial score (nSPS) is 33.5. The Bertz CT molecular complexity index is 344. The minimum atomic E-state index is -3.31. The number of carbonyl (C=O) groups is 1. The van der Waals surface area contributed by atoms with Crippen LogP contribution in [0.15, 0.2) is 0 Å². The molecule has 2 rings (SSSR count). The zero-order valence-electron chi connectivity index (χ0n) is 12.0. The molecule has 0 bridgehead atoms. The van der Waals surface area contributed by atoms with Gasteiger partial charge in [-0.15, -0.1) is 0 Å². The molecule has 0 radical (unpaired) electrons. The zero-order valence-corrected chi connectivity index (χ0v) is 12.0. The third kappa shape index (κ3) is 3.67. The Morgan fingerprint density at radius 2 is 2.00 bits per heavy atom. The van der Waals surface area contributed by atoms with Gasteiger partial charge in [0.1, 0.15) is 6.10 Å². The van der Waals surface area contributed by atoms with Crippen LogP contribution in [0.25, 0.3) is 0 Å². The second-order valence-corrected chi connectivity index (χ2v) is 6.00. The third-order valence-electron chi connectivity index (χ3n) is 4.26. The van der Waals surface area contributed by atoms with Crippen LogP contribution in [-0.4, -0.2) is 48.1 Å². The maximum absolute atomic E-state index is 13.2. The van der Waals surface area contributed by atoms with Crippen LogP contribution in [-0.2, 0) is 9.53 Å². The lowest BCUT2D eigenvalue weighted by molar-refractivity contribution is -0.159. The number of cyclic esters (lactones) is 1. The van der Waals surface area contributed by atoms with Crippen molar-refractivity contribution in [2.24, 2.45) is 5.73 Å². The van der Waals surface area contributed by atoms with Crippen LogP contribution in [0.4, 0.5) is 8.78 Å². The molecule has 20 heavy (non-hydrogen) atoms. The summed E-state index contributed by atoms with van der Waals surface area (Å²) in [4.78, 5) is 13.3. The summed E-state index contributed by atoms with van der Waals surface area (Å²) < 4.78 is 31.2. The molecule has 1 aliphatic heterocycles. The predicted octanol–water partition coefficient (Wildman–Crippen LogP) is 1.92. The summed E-state index contributed by atoms with van der Waals surface area (Å²) in [7, 11) is 0. The van der Waals surface area contributed by atoms with E-state index in [4.69, 9.17) is 10.5 Å². The van der Waals surface area contributed by atoms with E-state index in [2.05, 4.69) is 11.8 Å². The van der Waals surface area contributed by atoms with Gasteiger partial charge in [0.25, 0.3) is 0 Å². The van der Waals surface area contributed by atoms with Crippen molar-refractivity contribution >= 4 is 5.97 Å². The van der Waals surface area contributed by atoms with Gasteiger partial charge in [0, 0.05) is 18.6 Å². The van der Waals surface area contributed by atoms with E-state index in [-0.39, 0.29) is 6.04 Å². The number of halogens is 2. The van der Waals surface area contributed by atoms with Crippen molar-refractivity contribution in [3.05, 3.63) is 0 Å². The van der Waals surface area contributed by atoms with Crippen molar-refractivity contribution in [2.75, 3.05) is 13.1 Å². The van der Waals surface area contributed by atoms with Crippen LogP contribution < -0.4 is 5.73 Å². The number of carbonyl (C=O) groups excluding carboxylic acids is 1. The number of alkyl halides is 2. The van der Waals surface area contributed by atoms with E-state index < -0.39 is 24.4 Å². The quantitative estimate of drug-likeness (QED) is 0.786. The third-order valence-corrected chi connectivity index (χ3v) is 4.26. The topological polar surface area (TPSA) is 55.6 Å². The molecule has 1 unspecified atom stereocenters. The smallest absolute Gasteiger partial charge is 0.377 e. The molecule has 0 aromatic carbocycles. The highest BCUT2D eigenvalue weighted by atomic mass is 19.3. The highest BCUT2D eigenvalue weighted by Gasteiger charge is 2.51. The number of ether oxygens (including phenoxy) is 1. The van der Waals surface area contributed by atoms with Gasteiger partial charge in [0.15, 0.2) is 0 Å². The highest BCUT2D eigenvalue weighted by Crippen LogP contribution is 2.32. The summed E-state index contributed by atoms with van der Waals surface area (Å²) in [6.45, 7) is 3.32. The Kier molecular flexibility index (Phi) is 4.96. The first-order valence-corrected chi connectivity index (χ1v) is 7.51. The number of nitrogens with two attached hydrogens (primary N) is 1. The number of hydrogen-bond acceptors (Lipinski definition) is 4. The number of hydrogen-bond donors (Lipinski definition) is 1. The number of esters is 1. The summed E-state index contributed by atoms with van der Waals surface area (Å²) in [6, 6.07) is 0.644. The monoisotopic (exact) mass is 290 g/mol. The molecule has 1 heterocycles. The standard InChI is InChI=1S/C14H24F2N2O2/c1-2-7-18(11-5-3-10(17)4-6-11)9-12-8-14(15,16)13(19)20-12/h10-12H,2-9,17H2,1H3. The maximum atomic E-state index is 13.2. The molecule has 0 amide bonds. The molecule has 116 valence electrons. The van der Waals surface area contributed by atoms with E-state index in [1.165, 1.54) is 0 Å². The fraction of sp³-hybridized carbons (Fsp3) is 0.929. The first-order valence-electron chi connectivity index (χ1n) is 7.51. The second kappa shape index (κ2) is 6.35. The largest absolute Gasteiger partial charge is 0.456 e. The van der Waals surface area contributed by atoms with Gasteiger partial charge in [0.05, 0.1) is 6.42 Å². The van der Waals surface area contributed by atoms with Gasteiger partial charge in [-0.25, -0.2) is 4.79 Å². The maximum Gasteiger partial charge on any atom is 0.377 e. The fourth-order valence-electron chi connectivity index (χ4n) is 3.19. The van der Waals surface area contributed by atoms with Crippen molar-refractivity contribution in [1.29, 1.82) is 0 Å². The number of nitrogens with zero attached hydrogens (tertiary/aromatic N) is 1. The molecule has 2 N–H and O–H groups in total. The molecule has 1 saturated heterocycles. The van der Waals surface area contributed by atoms with E-state index in [1.807, 2.05) is 0 Å². The molecule has 1 aliphatic carbocycles. The Hall–Kier alpha value is -0.750. The highest BCUT2D eigenvalue weighted by molar-refractivity contribution is 5.79. The van der Waals surface area contributed by atoms with Gasteiger partial charge in [-0.1, -0.05) is 6.92 Å². The SMILES string of the molecule is CCCN(CC1CC(F)(F)C(=O)O1)C1CCC(N)CC1. The van der Waals surface area contributed by atoms with Crippen molar-refractivity contribution in [2.45, 2.75) is 69.6 Å². The van der Waals surface area contributed by atoms with Crippen LogP contribution >= 0.6 is 0 Å². The first kappa shape index (κ1) is 15.6. The fourth-order valence-corrected chi connectivity index (χ4v) is 3.19. The Morgan fingerprint density at radius 1 is 1.35 bits per heavy atom. The first-order chi connectivity index (χ1) is 9.42. The summed E-state index contributed by atoms with van der Waals surface area (Å²) in [5, 5.41) is 0. The Morgan fingerprint density at radius 3 is 2.50 bits per heavy atom. The average Bonchev–Trinajstić information content (AvgIpc) is 2.63. The van der Waals surface area contributed by atoms with Gasteiger partial charge in [-0.3, -0.25) is 4.90 Å². The molecule has 1 atom stereocenters. The Balaban J connectivity index is 1.91. The summed E-state index contributed by atoms with van der Waals surface area (Å²) >= 11 is 0. The number of rotatable bonds is 5. The summed E-state index contributed by atoms with van der Waals surface area (Å²) in [6.07, 6.45) is 3.74. The van der Waals surface area contributed by atoms with Gasteiger partial charge in [-0.05, 0) is 38.6 Å². The zero-order chi connectivity index (χ0) is 14.8. The lowest BCUT2D eigenvalue weighted by Gasteiger charge is -2.36. The molecular weight excluding hydrogens is 266 g/mol. The van der Waals surface area contributed by atoms with E-state index in [0.717, 1.165) is 38.6 Å². The molecule has 0 spiro atoms. The molecule has 2 fully saturated rings.